The number of amides is 1. The standard InChI is InChI=1S/C20H25NO/c1-3-15-11-14(13-21-20(22)4-2)12-19-17-8-6-5-7-16(17)9-10-18(15)19/h5-10,14-15H,3-4,11-13H2,1-2H3,(H,21,22). The molecular formula is C20H25NO. The van der Waals surface area contributed by atoms with Gasteiger partial charge in [0, 0.05) is 13.0 Å². The van der Waals surface area contributed by atoms with Crippen molar-refractivity contribution in [3.63, 3.8) is 0 Å². The predicted octanol–water partition coefficient (Wildman–Crippen LogP) is 4.42. The van der Waals surface area contributed by atoms with E-state index in [1.54, 1.807) is 0 Å². The largest absolute Gasteiger partial charge is 0.356 e. The lowest BCUT2D eigenvalue weighted by Gasteiger charge is -2.32. The first kappa shape index (κ1) is 15.1. The van der Waals surface area contributed by atoms with Crippen molar-refractivity contribution in [2.24, 2.45) is 5.92 Å². The lowest BCUT2D eigenvalue weighted by molar-refractivity contribution is -0.120. The third-order valence-electron chi connectivity index (χ3n) is 5.03. The fourth-order valence-corrected chi connectivity index (χ4v) is 3.79. The molecule has 0 bridgehead atoms. The molecule has 2 unspecified atom stereocenters. The summed E-state index contributed by atoms with van der Waals surface area (Å²) in [7, 11) is 0. The Kier molecular flexibility index (Phi) is 4.47. The number of carbonyl (C=O) groups is 1. The molecule has 1 aliphatic rings. The lowest BCUT2D eigenvalue weighted by Crippen LogP contribution is -2.32. The Morgan fingerprint density at radius 1 is 1.18 bits per heavy atom. The van der Waals surface area contributed by atoms with Crippen LogP contribution in [-0.2, 0) is 11.2 Å². The van der Waals surface area contributed by atoms with E-state index < -0.39 is 0 Å². The molecule has 0 fully saturated rings. The van der Waals surface area contributed by atoms with Gasteiger partial charge in [-0.2, -0.15) is 0 Å². The summed E-state index contributed by atoms with van der Waals surface area (Å²) in [5.41, 5.74) is 3.03. The second-order valence-electron chi connectivity index (χ2n) is 6.42. The Morgan fingerprint density at radius 2 is 2.00 bits per heavy atom. The van der Waals surface area contributed by atoms with Crippen LogP contribution in [0.1, 0.15) is 50.2 Å². The molecule has 0 saturated carbocycles. The first-order valence-electron chi connectivity index (χ1n) is 8.50. The van der Waals surface area contributed by atoms with Gasteiger partial charge in [0.05, 0.1) is 0 Å². The second kappa shape index (κ2) is 6.51. The monoisotopic (exact) mass is 295 g/mol. The maximum Gasteiger partial charge on any atom is 0.219 e. The summed E-state index contributed by atoms with van der Waals surface area (Å²) in [6.07, 6.45) is 4.01. The molecule has 22 heavy (non-hydrogen) atoms. The molecule has 2 atom stereocenters. The predicted molar refractivity (Wildman–Crippen MR) is 92.1 cm³/mol. The third-order valence-corrected chi connectivity index (χ3v) is 5.03. The number of carbonyl (C=O) groups excluding carboxylic acids is 1. The molecule has 0 aromatic heterocycles. The van der Waals surface area contributed by atoms with E-state index in [0.717, 1.165) is 13.0 Å². The molecule has 116 valence electrons. The summed E-state index contributed by atoms with van der Waals surface area (Å²) in [4.78, 5) is 11.6. The zero-order valence-corrected chi connectivity index (χ0v) is 13.6. The molecule has 1 aliphatic carbocycles. The van der Waals surface area contributed by atoms with Crippen molar-refractivity contribution in [3.05, 3.63) is 47.5 Å². The molecule has 1 amide bonds. The van der Waals surface area contributed by atoms with Crippen LogP contribution in [0.25, 0.3) is 10.8 Å². The molecule has 2 aromatic carbocycles. The van der Waals surface area contributed by atoms with Gasteiger partial charge in [0.15, 0.2) is 0 Å². The summed E-state index contributed by atoms with van der Waals surface area (Å²) in [5, 5.41) is 5.81. The van der Waals surface area contributed by atoms with Gasteiger partial charge in [-0.25, -0.2) is 0 Å². The van der Waals surface area contributed by atoms with Crippen LogP contribution in [0.2, 0.25) is 0 Å². The lowest BCUT2D eigenvalue weighted by atomic mass is 9.74. The molecule has 3 rings (SSSR count). The quantitative estimate of drug-likeness (QED) is 0.888. The van der Waals surface area contributed by atoms with Crippen molar-refractivity contribution in [2.45, 2.75) is 45.4 Å². The fourth-order valence-electron chi connectivity index (χ4n) is 3.79. The second-order valence-corrected chi connectivity index (χ2v) is 6.42. The van der Waals surface area contributed by atoms with Crippen molar-refractivity contribution in [1.82, 2.24) is 5.32 Å². The van der Waals surface area contributed by atoms with Crippen LogP contribution in [0.3, 0.4) is 0 Å². The highest BCUT2D eigenvalue weighted by atomic mass is 16.1. The molecule has 0 aliphatic heterocycles. The van der Waals surface area contributed by atoms with Crippen LogP contribution in [0.15, 0.2) is 36.4 Å². The van der Waals surface area contributed by atoms with Crippen molar-refractivity contribution < 1.29 is 4.79 Å². The van der Waals surface area contributed by atoms with Gasteiger partial charge < -0.3 is 5.32 Å². The van der Waals surface area contributed by atoms with Gasteiger partial charge in [-0.05, 0) is 53.0 Å². The molecule has 0 saturated heterocycles. The molecule has 0 spiro atoms. The normalized spacial score (nSPS) is 20.6. The van der Waals surface area contributed by atoms with Crippen LogP contribution in [0.4, 0.5) is 0 Å². The maximum absolute atomic E-state index is 11.6. The number of nitrogens with one attached hydrogen (secondary N) is 1. The Balaban J connectivity index is 1.91. The molecule has 2 nitrogen and oxygen atoms in total. The molecule has 0 heterocycles. The highest BCUT2D eigenvalue weighted by Crippen LogP contribution is 2.39. The Bertz CT molecular complexity index is 676. The number of benzene rings is 2. The zero-order valence-electron chi connectivity index (χ0n) is 13.6. The molecule has 2 aromatic rings. The van der Waals surface area contributed by atoms with Crippen molar-refractivity contribution in [2.75, 3.05) is 6.54 Å². The third kappa shape index (κ3) is 2.87. The van der Waals surface area contributed by atoms with Gasteiger partial charge in [-0.3, -0.25) is 4.79 Å². The fraction of sp³-hybridized carbons (Fsp3) is 0.450. The smallest absolute Gasteiger partial charge is 0.219 e. The number of fused-ring (bicyclic) bond motifs is 3. The van der Waals surface area contributed by atoms with E-state index in [4.69, 9.17) is 0 Å². The van der Waals surface area contributed by atoms with E-state index in [0.29, 0.717) is 18.3 Å². The minimum absolute atomic E-state index is 0.164. The summed E-state index contributed by atoms with van der Waals surface area (Å²) in [6, 6.07) is 13.3. The minimum Gasteiger partial charge on any atom is -0.356 e. The van der Waals surface area contributed by atoms with E-state index in [1.165, 1.54) is 34.7 Å². The summed E-state index contributed by atoms with van der Waals surface area (Å²) < 4.78 is 0. The van der Waals surface area contributed by atoms with Gasteiger partial charge >= 0.3 is 0 Å². The number of hydrogen-bond acceptors (Lipinski definition) is 1. The van der Waals surface area contributed by atoms with Crippen molar-refractivity contribution in [1.29, 1.82) is 0 Å². The van der Waals surface area contributed by atoms with Crippen LogP contribution in [0, 0.1) is 5.92 Å². The minimum atomic E-state index is 0.164. The van der Waals surface area contributed by atoms with Crippen molar-refractivity contribution in [3.8, 4) is 0 Å². The Morgan fingerprint density at radius 3 is 2.77 bits per heavy atom. The Labute approximate surface area is 132 Å². The van der Waals surface area contributed by atoms with Gasteiger partial charge in [-0.15, -0.1) is 0 Å². The average Bonchev–Trinajstić information content (AvgIpc) is 2.58. The van der Waals surface area contributed by atoms with Crippen LogP contribution < -0.4 is 5.32 Å². The highest BCUT2D eigenvalue weighted by Gasteiger charge is 2.27. The average molecular weight is 295 g/mol. The topological polar surface area (TPSA) is 29.1 Å². The zero-order chi connectivity index (χ0) is 15.5. The molecular weight excluding hydrogens is 270 g/mol. The van der Waals surface area contributed by atoms with E-state index in [1.807, 2.05) is 6.92 Å². The highest BCUT2D eigenvalue weighted by molar-refractivity contribution is 5.87. The van der Waals surface area contributed by atoms with Crippen LogP contribution >= 0.6 is 0 Å². The molecule has 2 heteroatoms. The van der Waals surface area contributed by atoms with E-state index in [9.17, 15) is 4.79 Å². The van der Waals surface area contributed by atoms with Crippen LogP contribution in [-0.4, -0.2) is 12.5 Å². The number of hydrogen-bond donors (Lipinski definition) is 1. The maximum atomic E-state index is 11.6. The SMILES string of the molecule is CCC(=O)NCC1Cc2c(ccc3ccccc23)C(CC)C1. The van der Waals surface area contributed by atoms with Gasteiger partial charge in [0.1, 0.15) is 0 Å². The summed E-state index contributed by atoms with van der Waals surface area (Å²) >= 11 is 0. The van der Waals surface area contributed by atoms with Gasteiger partial charge in [0.2, 0.25) is 5.91 Å². The van der Waals surface area contributed by atoms with E-state index in [2.05, 4.69) is 48.6 Å². The van der Waals surface area contributed by atoms with Crippen LogP contribution in [0.5, 0.6) is 0 Å². The Hall–Kier alpha value is -1.83. The van der Waals surface area contributed by atoms with Gasteiger partial charge in [-0.1, -0.05) is 50.2 Å². The van der Waals surface area contributed by atoms with Gasteiger partial charge in [0.25, 0.3) is 0 Å². The molecule has 0 radical (unpaired) electrons. The van der Waals surface area contributed by atoms with E-state index >= 15 is 0 Å². The molecule has 1 N–H and O–H groups in total. The van der Waals surface area contributed by atoms with E-state index in [-0.39, 0.29) is 5.91 Å². The summed E-state index contributed by atoms with van der Waals surface area (Å²) in [6.45, 7) is 5.00. The number of rotatable bonds is 4. The summed E-state index contributed by atoms with van der Waals surface area (Å²) in [5.74, 6) is 1.34. The first-order chi connectivity index (χ1) is 10.7. The van der Waals surface area contributed by atoms with Crippen molar-refractivity contribution >= 4 is 16.7 Å². The first-order valence-corrected chi connectivity index (χ1v) is 8.50.